The number of rotatable bonds is 5. The van der Waals surface area contributed by atoms with E-state index >= 15 is 0 Å². The van der Waals surface area contributed by atoms with Crippen LogP contribution in [0.5, 0.6) is 11.5 Å². The number of hydrogen-bond donors (Lipinski definition) is 0. The van der Waals surface area contributed by atoms with Gasteiger partial charge in [0.15, 0.2) is 11.5 Å². The van der Waals surface area contributed by atoms with E-state index < -0.39 is 0 Å². The van der Waals surface area contributed by atoms with Gasteiger partial charge in [-0.3, -0.25) is 23.8 Å². The lowest BCUT2D eigenvalue weighted by molar-refractivity contribution is -0.123. The number of anilines is 1. The van der Waals surface area contributed by atoms with E-state index in [1.54, 1.807) is 21.6 Å². The Bertz CT molecular complexity index is 1580. The molecule has 11 heteroatoms. The summed E-state index contributed by atoms with van der Waals surface area (Å²) in [4.78, 5) is 38.5. The number of pyridine rings is 1. The first-order chi connectivity index (χ1) is 18.8. The molecule has 0 N–H and O–H groups in total. The second kappa shape index (κ2) is 10.3. The summed E-state index contributed by atoms with van der Waals surface area (Å²) in [7, 11) is 0. The highest BCUT2D eigenvalue weighted by molar-refractivity contribution is 8.26. The Morgan fingerprint density at radius 1 is 1.10 bits per heavy atom. The maximum absolute atomic E-state index is 13.8. The number of piperazine rings is 1. The van der Waals surface area contributed by atoms with Crippen LogP contribution < -0.4 is 19.9 Å². The van der Waals surface area contributed by atoms with Gasteiger partial charge >= 0.3 is 0 Å². The number of nitrogens with zero attached hydrogens (tertiary/aromatic N) is 5. The Morgan fingerprint density at radius 3 is 2.62 bits per heavy atom. The molecule has 6 rings (SSSR count). The summed E-state index contributed by atoms with van der Waals surface area (Å²) in [6, 6.07) is 9.79. The molecule has 0 unspecified atom stereocenters. The SMILES string of the molecule is Cc1cccn2c(=O)c(C=C3SC(=S)N(C(C)C)C3=O)c(N3CCN(Cc4ccc5c(c4)OCO5)CC3)nc12. The molecule has 0 atom stereocenters. The third-order valence-corrected chi connectivity index (χ3v) is 8.52. The van der Waals surface area contributed by atoms with Crippen molar-refractivity contribution in [1.29, 1.82) is 0 Å². The number of carbonyl (C=O) groups is 1. The van der Waals surface area contributed by atoms with E-state index in [0.29, 0.717) is 39.3 Å². The van der Waals surface area contributed by atoms with Crippen LogP contribution in [0, 0.1) is 6.92 Å². The van der Waals surface area contributed by atoms with Crippen LogP contribution in [0.4, 0.5) is 5.82 Å². The van der Waals surface area contributed by atoms with Crippen molar-refractivity contribution in [3.8, 4) is 11.5 Å². The van der Waals surface area contributed by atoms with E-state index in [9.17, 15) is 9.59 Å². The van der Waals surface area contributed by atoms with Gasteiger partial charge in [-0.1, -0.05) is 36.1 Å². The second-order valence-corrected chi connectivity index (χ2v) is 11.8. The van der Waals surface area contributed by atoms with Gasteiger partial charge in [0.05, 0.1) is 10.5 Å². The molecule has 2 aromatic heterocycles. The van der Waals surface area contributed by atoms with Crippen LogP contribution >= 0.6 is 24.0 Å². The Labute approximate surface area is 236 Å². The average Bonchev–Trinajstić information content (AvgIpc) is 3.49. The largest absolute Gasteiger partial charge is 0.454 e. The Hall–Kier alpha value is -3.41. The highest BCUT2D eigenvalue weighted by atomic mass is 32.2. The normalized spacial score (nSPS) is 18.8. The molecule has 5 heterocycles. The highest BCUT2D eigenvalue weighted by Crippen LogP contribution is 2.35. The number of hydrogen-bond acceptors (Lipinski definition) is 9. The summed E-state index contributed by atoms with van der Waals surface area (Å²) >= 11 is 6.70. The fourth-order valence-corrected chi connectivity index (χ4v) is 6.64. The molecule has 1 amide bonds. The Balaban J connectivity index is 1.30. The van der Waals surface area contributed by atoms with Crippen molar-refractivity contribution in [2.45, 2.75) is 33.4 Å². The van der Waals surface area contributed by atoms with Gasteiger partial charge in [-0.25, -0.2) is 4.98 Å². The van der Waals surface area contributed by atoms with E-state index in [1.165, 1.54) is 17.3 Å². The number of fused-ring (bicyclic) bond motifs is 2. The number of thiocarbonyl (C=S) groups is 1. The van der Waals surface area contributed by atoms with E-state index in [-0.39, 0.29) is 24.3 Å². The van der Waals surface area contributed by atoms with E-state index in [1.807, 2.05) is 45.0 Å². The first-order valence-electron chi connectivity index (χ1n) is 12.9. The molecule has 1 aromatic carbocycles. The lowest BCUT2D eigenvalue weighted by Gasteiger charge is -2.36. The lowest BCUT2D eigenvalue weighted by atomic mass is 10.1. The molecule has 3 aliphatic rings. The van der Waals surface area contributed by atoms with Crippen LogP contribution in [0.2, 0.25) is 0 Å². The fourth-order valence-electron chi connectivity index (χ4n) is 5.14. The number of aromatic nitrogens is 2. The third-order valence-electron chi connectivity index (χ3n) is 7.19. The van der Waals surface area contributed by atoms with Gasteiger partial charge in [0.1, 0.15) is 15.8 Å². The third kappa shape index (κ3) is 4.79. The minimum Gasteiger partial charge on any atom is -0.454 e. The predicted octanol–water partition coefficient (Wildman–Crippen LogP) is 3.66. The van der Waals surface area contributed by atoms with Crippen molar-refractivity contribution in [2.75, 3.05) is 37.9 Å². The molecule has 0 radical (unpaired) electrons. The quantitative estimate of drug-likeness (QED) is 0.341. The lowest BCUT2D eigenvalue weighted by Crippen LogP contribution is -2.47. The van der Waals surface area contributed by atoms with Gasteiger partial charge in [-0.15, -0.1) is 0 Å². The first-order valence-corrected chi connectivity index (χ1v) is 14.2. The van der Waals surface area contributed by atoms with Crippen molar-refractivity contribution >= 4 is 51.7 Å². The predicted molar refractivity (Wildman–Crippen MR) is 156 cm³/mol. The maximum Gasteiger partial charge on any atom is 0.267 e. The molecule has 0 saturated carbocycles. The highest BCUT2D eigenvalue weighted by Gasteiger charge is 2.35. The van der Waals surface area contributed by atoms with Gasteiger partial charge in [0, 0.05) is 45.0 Å². The van der Waals surface area contributed by atoms with Crippen molar-refractivity contribution in [1.82, 2.24) is 19.2 Å². The molecule has 9 nitrogen and oxygen atoms in total. The van der Waals surface area contributed by atoms with E-state index in [2.05, 4.69) is 15.9 Å². The average molecular weight is 564 g/mol. The molecular weight excluding hydrogens is 534 g/mol. The Kier molecular flexibility index (Phi) is 6.82. The van der Waals surface area contributed by atoms with Crippen molar-refractivity contribution in [2.24, 2.45) is 0 Å². The first kappa shape index (κ1) is 25.8. The van der Waals surface area contributed by atoms with Crippen molar-refractivity contribution in [3.63, 3.8) is 0 Å². The summed E-state index contributed by atoms with van der Waals surface area (Å²) in [5.41, 5.74) is 2.91. The number of ether oxygens (including phenoxy) is 2. The summed E-state index contributed by atoms with van der Waals surface area (Å²) in [6.45, 7) is 9.87. The monoisotopic (exact) mass is 563 g/mol. The number of carbonyl (C=O) groups excluding carboxylic acids is 1. The topological polar surface area (TPSA) is 79.6 Å². The maximum atomic E-state index is 13.8. The zero-order chi connectivity index (χ0) is 27.3. The van der Waals surface area contributed by atoms with E-state index in [0.717, 1.165) is 36.7 Å². The van der Waals surface area contributed by atoms with Crippen LogP contribution in [-0.2, 0) is 11.3 Å². The van der Waals surface area contributed by atoms with Gasteiger partial charge < -0.3 is 14.4 Å². The molecule has 3 aromatic rings. The molecule has 2 fully saturated rings. The summed E-state index contributed by atoms with van der Waals surface area (Å²) in [6.07, 6.45) is 3.40. The van der Waals surface area contributed by atoms with Crippen molar-refractivity contribution < 1.29 is 14.3 Å². The van der Waals surface area contributed by atoms with Crippen LogP contribution in [0.25, 0.3) is 11.7 Å². The molecule has 3 aliphatic heterocycles. The number of benzene rings is 1. The van der Waals surface area contributed by atoms with Crippen LogP contribution in [0.3, 0.4) is 0 Å². The zero-order valence-electron chi connectivity index (χ0n) is 22.0. The fraction of sp³-hybridized carbons (Fsp3) is 0.357. The number of aryl methyl sites for hydroxylation is 1. The molecule has 39 heavy (non-hydrogen) atoms. The number of thioether (sulfide) groups is 1. The van der Waals surface area contributed by atoms with Gasteiger partial charge in [0.2, 0.25) is 6.79 Å². The zero-order valence-corrected chi connectivity index (χ0v) is 23.7. The van der Waals surface area contributed by atoms with Crippen LogP contribution in [0.1, 0.15) is 30.5 Å². The summed E-state index contributed by atoms with van der Waals surface area (Å²) in [5.74, 6) is 2.00. The standard InChI is InChI=1S/C28H29N5O4S2/c1-17(2)33-27(35)23(39-28(33)38)14-20-25(29-24-18(3)5-4-8-32(24)26(20)34)31-11-9-30(10-12-31)15-19-6-7-21-22(13-19)37-16-36-21/h4-8,13-14,17H,9-12,15-16H2,1-3H3. The Morgan fingerprint density at radius 2 is 1.87 bits per heavy atom. The van der Waals surface area contributed by atoms with Gasteiger partial charge in [0.25, 0.3) is 11.5 Å². The minimum absolute atomic E-state index is 0.0563. The van der Waals surface area contributed by atoms with Gasteiger partial charge in [-0.05, 0) is 56.2 Å². The second-order valence-electron chi connectivity index (χ2n) is 10.1. The van der Waals surface area contributed by atoms with Crippen LogP contribution in [0.15, 0.2) is 46.2 Å². The molecular formula is C28H29N5O4S2. The molecule has 2 saturated heterocycles. The smallest absolute Gasteiger partial charge is 0.267 e. The molecule has 0 aliphatic carbocycles. The van der Waals surface area contributed by atoms with Gasteiger partial charge in [-0.2, -0.15) is 0 Å². The molecule has 202 valence electrons. The number of amides is 1. The summed E-state index contributed by atoms with van der Waals surface area (Å²) < 4.78 is 13.0. The van der Waals surface area contributed by atoms with Crippen LogP contribution in [-0.4, -0.2) is 68.4 Å². The molecule has 0 spiro atoms. The van der Waals surface area contributed by atoms with E-state index in [4.69, 9.17) is 26.7 Å². The summed E-state index contributed by atoms with van der Waals surface area (Å²) in [5, 5.41) is 0. The molecule has 0 bridgehead atoms. The van der Waals surface area contributed by atoms with Crippen molar-refractivity contribution in [3.05, 3.63) is 68.5 Å². The minimum atomic E-state index is -0.198.